The maximum atomic E-state index is 6.19. The molecule has 0 atom stereocenters. The molecule has 1 N–H and O–H groups in total. The normalized spacial score (nSPS) is 10.4. The van der Waals surface area contributed by atoms with E-state index >= 15 is 0 Å². The first-order valence-corrected chi connectivity index (χ1v) is 7.63. The van der Waals surface area contributed by atoms with E-state index in [9.17, 15) is 0 Å². The highest BCUT2D eigenvalue weighted by Crippen LogP contribution is 2.36. The largest absolute Gasteiger partial charge is 0.497 e. The molecule has 0 spiro atoms. The zero-order chi connectivity index (χ0) is 14.5. The van der Waals surface area contributed by atoms with Crippen molar-refractivity contribution in [2.75, 3.05) is 19.0 Å². The van der Waals surface area contributed by atoms with Gasteiger partial charge in [0.2, 0.25) is 0 Å². The number of benzene rings is 1. The standard InChI is InChI=1S/C14H14Cl2N2OS/c1-3-17-13-11(15)8-12(16)14(18-13)20-10-6-4-9(19-2)5-7-10/h4-8H,3H2,1-2H3,(H,17,18). The average molecular weight is 329 g/mol. The van der Waals surface area contributed by atoms with E-state index in [2.05, 4.69) is 10.3 Å². The van der Waals surface area contributed by atoms with E-state index in [1.807, 2.05) is 31.2 Å². The first-order valence-electron chi connectivity index (χ1n) is 6.06. The Morgan fingerprint density at radius 2 is 1.90 bits per heavy atom. The summed E-state index contributed by atoms with van der Waals surface area (Å²) in [6.45, 7) is 2.74. The summed E-state index contributed by atoms with van der Waals surface area (Å²) in [5.74, 6) is 1.47. The summed E-state index contributed by atoms with van der Waals surface area (Å²) in [5, 5.41) is 4.90. The molecule has 3 nitrogen and oxygen atoms in total. The number of methoxy groups -OCH3 is 1. The van der Waals surface area contributed by atoms with Crippen molar-refractivity contribution >= 4 is 40.8 Å². The van der Waals surface area contributed by atoms with Gasteiger partial charge in [0.1, 0.15) is 16.6 Å². The fraction of sp³-hybridized carbons (Fsp3) is 0.214. The molecule has 0 unspecified atom stereocenters. The van der Waals surface area contributed by atoms with Gasteiger partial charge >= 0.3 is 0 Å². The minimum Gasteiger partial charge on any atom is -0.497 e. The lowest BCUT2D eigenvalue weighted by Gasteiger charge is -2.09. The second-order valence-electron chi connectivity index (χ2n) is 3.91. The lowest BCUT2D eigenvalue weighted by atomic mass is 10.3. The van der Waals surface area contributed by atoms with E-state index in [1.165, 1.54) is 11.8 Å². The number of hydrogen-bond acceptors (Lipinski definition) is 4. The van der Waals surface area contributed by atoms with Gasteiger partial charge in [0.25, 0.3) is 0 Å². The Labute approximate surface area is 132 Å². The van der Waals surface area contributed by atoms with Gasteiger partial charge in [-0.2, -0.15) is 0 Å². The fourth-order valence-corrected chi connectivity index (χ4v) is 2.90. The summed E-state index contributed by atoms with van der Waals surface area (Å²) < 4.78 is 5.13. The van der Waals surface area contributed by atoms with Crippen LogP contribution in [0.15, 0.2) is 40.3 Å². The van der Waals surface area contributed by atoms with Crippen LogP contribution >= 0.6 is 35.0 Å². The van der Waals surface area contributed by atoms with E-state index < -0.39 is 0 Å². The highest BCUT2D eigenvalue weighted by molar-refractivity contribution is 7.99. The quantitative estimate of drug-likeness (QED) is 0.839. The number of halogens is 2. The van der Waals surface area contributed by atoms with E-state index in [4.69, 9.17) is 27.9 Å². The number of hydrogen-bond donors (Lipinski definition) is 1. The zero-order valence-corrected chi connectivity index (χ0v) is 13.4. The van der Waals surface area contributed by atoms with Gasteiger partial charge in [-0.05, 0) is 37.3 Å². The Kier molecular flexibility index (Phi) is 5.40. The summed E-state index contributed by atoms with van der Waals surface area (Å²) in [7, 11) is 1.64. The van der Waals surface area contributed by atoms with Crippen molar-refractivity contribution in [1.82, 2.24) is 4.98 Å². The van der Waals surface area contributed by atoms with E-state index in [0.717, 1.165) is 22.2 Å². The van der Waals surface area contributed by atoms with Crippen molar-refractivity contribution in [1.29, 1.82) is 0 Å². The highest BCUT2D eigenvalue weighted by Gasteiger charge is 2.10. The first kappa shape index (κ1) is 15.3. The minimum atomic E-state index is 0.524. The van der Waals surface area contributed by atoms with Gasteiger partial charge in [-0.3, -0.25) is 0 Å². The smallest absolute Gasteiger partial charge is 0.146 e. The molecule has 0 bridgehead atoms. The third kappa shape index (κ3) is 3.72. The fourth-order valence-electron chi connectivity index (χ4n) is 1.57. The summed E-state index contributed by atoms with van der Waals surface area (Å²) >= 11 is 13.8. The molecule has 0 fully saturated rings. The third-order valence-electron chi connectivity index (χ3n) is 2.52. The second kappa shape index (κ2) is 7.07. The van der Waals surface area contributed by atoms with Gasteiger partial charge in [0.05, 0.1) is 17.2 Å². The monoisotopic (exact) mass is 328 g/mol. The Morgan fingerprint density at radius 3 is 2.50 bits per heavy atom. The molecule has 6 heteroatoms. The number of ether oxygens (including phenoxy) is 1. The predicted molar refractivity (Wildman–Crippen MR) is 85.5 cm³/mol. The molecule has 0 saturated heterocycles. The van der Waals surface area contributed by atoms with Gasteiger partial charge in [-0.15, -0.1) is 0 Å². The van der Waals surface area contributed by atoms with Crippen LogP contribution in [0.5, 0.6) is 5.75 Å². The zero-order valence-electron chi connectivity index (χ0n) is 11.1. The summed E-state index contributed by atoms with van der Waals surface area (Å²) in [5.41, 5.74) is 0. The van der Waals surface area contributed by atoms with Crippen molar-refractivity contribution in [3.63, 3.8) is 0 Å². The molecule has 0 radical (unpaired) electrons. The van der Waals surface area contributed by atoms with Crippen LogP contribution < -0.4 is 10.1 Å². The molecule has 2 rings (SSSR count). The summed E-state index contributed by atoms with van der Waals surface area (Å²) in [4.78, 5) is 5.49. The van der Waals surface area contributed by atoms with Gasteiger partial charge in [-0.1, -0.05) is 35.0 Å². The van der Waals surface area contributed by atoms with Crippen molar-refractivity contribution in [2.24, 2.45) is 0 Å². The Morgan fingerprint density at radius 1 is 1.20 bits per heavy atom. The average Bonchev–Trinajstić information content (AvgIpc) is 2.45. The van der Waals surface area contributed by atoms with Crippen LogP contribution in [0, 0.1) is 0 Å². The molecule has 1 heterocycles. The second-order valence-corrected chi connectivity index (χ2v) is 5.79. The number of rotatable bonds is 5. The molecule has 0 aliphatic heterocycles. The van der Waals surface area contributed by atoms with Crippen LogP contribution in [-0.2, 0) is 0 Å². The van der Waals surface area contributed by atoms with Crippen LogP contribution in [-0.4, -0.2) is 18.6 Å². The Balaban J connectivity index is 2.25. The minimum absolute atomic E-state index is 0.524. The highest BCUT2D eigenvalue weighted by atomic mass is 35.5. The molecule has 2 aromatic rings. The van der Waals surface area contributed by atoms with Gasteiger partial charge in [-0.25, -0.2) is 4.98 Å². The molecule has 1 aromatic heterocycles. The van der Waals surface area contributed by atoms with Crippen LogP contribution in [0.4, 0.5) is 5.82 Å². The van der Waals surface area contributed by atoms with E-state index in [1.54, 1.807) is 13.2 Å². The van der Waals surface area contributed by atoms with Gasteiger partial charge in [0, 0.05) is 11.4 Å². The lowest BCUT2D eigenvalue weighted by molar-refractivity contribution is 0.414. The van der Waals surface area contributed by atoms with E-state index in [0.29, 0.717) is 15.9 Å². The third-order valence-corrected chi connectivity index (χ3v) is 4.22. The van der Waals surface area contributed by atoms with Crippen molar-refractivity contribution in [3.05, 3.63) is 40.4 Å². The Hall–Kier alpha value is -1.10. The van der Waals surface area contributed by atoms with Gasteiger partial charge < -0.3 is 10.1 Å². The number of nitrogens with one attached hydrogen (secondary N) is 1. The molecule has 1 aromatic carbocycles. The van der Waals surface area contributed by atoms with Crippen LogP contribution in [0.3, 0.4) is 0 Å². The summed E-state index contributed by atoms with van der Waals surface area (Å²) in [6, 6.07) is 9.43. The number of anilines is 1. The molecule has 20 heavy (non-hydrogen) atoms. The Bertz CT molecular complexity index is 590. The molecule has 106 valence electrons. The maximum Gasteiger partial charge on any atom is 0.146 e. The SMILES string of the molecule is CCNc1nc(Sc2ccc(OC)cc2)c(Cl)cc1Cl. The van der Waals surface area contributed by atoms with Crippen molar-refractivity contribution in [2.45, 2.75) is 16.8 Å². The summed E-state index contributed by atoms with van der Waals surface area (Å²) in [6.07, 6.45) is 0. The number of aromatic nitrogens is 1. The lowest BCUT2D eigenvalue weighted by Crippen LogP contribution is -2.00. The van der Waals surface area contributed by atoms with Crippen molar-refractivity contribution in [3.8, 4) is 5.75 Å². The molecular weight excluding hydrogens is 315 g/mol. The number of nitrogens with zero attached hydrogens (tertiary/aromatic N) is 1. The number of pyridine rings is 1. The van der Waals surface area contributed by atoms with E-state index in [-0.39, 0.29) is 0 Å². The molecule has 0 aliphatic rings. The topological polar surface area (TPSA) is 34.2 Å². The molecule has 0 aliphatic carbocycles. The van der Waals surface area contributed by atoms with Crippen LogP contribution in [0.2, 0.25) is 10.0 Å². The van der Waals surface area contributed by atoms with Gasteiger partial charge in [0.15, 0.2) is 0 Å². The van der Waals surface area contributed by atoms with Crippen molar-refractivity contribution < 1.29 is 4.74 Å². The van der Waals surface area contributed by atoms with Crippen LogP contribution in [0.25, 0.3) is 0 Å². The maximum absolute atomic E-state index is 6.19. The predicted octanol–water partition coefficient (Wildman–Crippen LogP) is 4.98. The molecule has 0 amide bonds. The van der Waals surface area contributed by atoms with Crippen LogP contribution in [0.1, 0.15) is 6.92 Å². The first-order chi connectivity index (χ1) is 9.63. The molecule has 0 saturated carbocycles. The molecular formula is C14H14Cl2N2OS.